The largest absolute Gasteiger partial charge is 0.368 e. The summed E-state index contributed by atoms with van der Waals surface area (Å²) in [5, 5.41) is 5.54. The number of nitrogens with two attached hydrogens (primary N) is 1. The smallest absolute Gasteiger partial charge is 0.222 e. The molecule has 2 aromatic heterocycles. The van der Waals surface area contributed by atoms with Gasteiger partial charge in [-0.3, -0.25) is 0 Å². The first-order valence-corrected chi connectivity index (χ1v) is 6.98. The fraction of sp³-hybridized carbons (Fsp3) is 0.385. The average molecular weight is 262 g/mol. The predicted octanol–water partition coefficient (Wildman–Crippen LogP) is 3.38. The van der Waals surface area contributed by atoms with Crippen LogP contribution in [0.2, 0.25) is 0 Å². The number of thiophene rings is 1. The topological polar surface area (TPSA) is 63.8 Å². The Balaban J connectivity index is 2.18. The van der Waals surface area contributed by atoms with Crippen molar-refractivity contribution in [1.29, 1.82) is 0 Å². The molecule has 0 spiro atoms. The van der Waals surface area contributed by atoms with Gasteiger partial charge in [0.05, 0.1) is 6.04 Å². The number of nitrogen functional groups attached to an aromatic ring is 1. The number of aromatic nitrogens is 2. The molecular formula is C13H18N4S. The summed E-state index contributed by atoms with van der Waals surface area (Å²) in [5.41, 5.74) is 6.55. The van der Waals surface area contributed by atoms with Gasteiger partial charge in [0.2, 0.25) is 5.95 Å². The number of hydrogen-bond acceptors (Lipinski definition) is 5. The zero-order valence-corrected chi connectivity index (χ0v) is 11.5. The Kier molecular flexibility index (Phi) is 4.15. The van der Waals surface area contributed by atoms with Gasteiger partial charge in [0.1, 0.15) is 5.82 Å². The highest BCUT2D eigenvalue weighted by Crippen LogP contribution is 2.27. The lowest BCUT2D eigenvalue weighted by Gasteiger charge is -2.17. The van der Waals surface area contributed by atoms with Crippen LogP contribution in [0.4, 0.5) is 11.8 Å². The van der Waals surface area contributed by atoms with E-state index in [9.17, 15) is 0 Å². The van der Waals surface area contributed by atoms with Crippen molar-refractivity contribution in [3.8, 4) is 0 Å². The molecule has 0 fully saturated rings. The Labute approximate surface area is 111 Å². The van der Waals surface area contributed by atoms with Gasteiger partial charge in [-0.25, -0.2) is 4.98 Å². The van der Waals surface area contributed by atoms with E-state index in [2.05, 4.69) is 39.7 Å². The van der Waals surface area contributed by atoms with E-state index >= 15 is 0 Å². The molecule has 2 heterocycles. The molecule has 0 aliphatic heterocycles. The maximum atomic E-state index is 5.67. The Hall–Kier alpha value is -1.62. The lowest BCUT2D eigenvalue weighted by atomic mass is 10.1. The van der Waals surface area contributed by atoms with Crippen molar-refractivity contribution < 1.29 is 0 Å². The fourth-order valence-electron chi connectivity index (χ4n) is 1.91. The van der Waals surface area contributed by atoms with Gasteiger partial charge < -0.3 is 11.1 Å². The molecule has 0 bridgehead atoms. The summed E-state index contributed by atoms with van der Waals surface area (Å²) in [5.74, 6) is 1.12. The third kappa shape index (κ3) is 3.20. The maximum Gasteiger partial charge on any atom is 0.222 e. The summed E-state index contributed by atoms with van der Waals surface area (Å²) in [4.78, 5) is 9.63. The van der Waals surface area contributed by atoms with Crippen LogP contribution in [-0.4, -0.2) is 9.97 Å². The molecule has 2 aromatic rings. The minimum absolute atomic E-state index is 0.295. The van der Waals surface area contributed by atoms with Crippen LogP contribution in [0.15, 0.2) is 23.6 Å². The summed E-state index contributed by atoms with van der Waals surface area (Å²) < 4.78 is 0. The second kappa shape index (κ2) is 5.82. The molecule has 0 amide bonds. The van der Waals surface area contributed by atoms with Gasteiger partial charge in [-0.2, -0.15) is 4.98 Å². The van der Waals surface area contributed by atoms with E-state index in [-0.39, 0.29) is 0 Å². The molecule has 3 N–H and O–H groups in total. The van der Waals surface area contributed by atoms with E-state index in [1.165, 1.54) is 4.88 Å². The molecule has 1 unspecified atom stereocenters. The standard InChI is InChI=1S/C13H18N4S/c1-3-5-10(11-6-4-7-18-11)16-12-8-9(2)15-13(14)17-12/h4,6-8,10H,3,5H2,1-2H3,(H3,14,15,16,17). The summed E-state index contributed by atoms with van der Waals surface area (Å²) in [7, 11) is 0. The van der Waals surface area contributed by atoms with Crippen molar-refractivity contribution in [2.45, 2.75) is 32.7 Å². The Bertz CT molecular complexity index is 475. The number of anilines is 2. The first-order valence-electron chi connectivity index (χ1n) is 6.10. The van der Waals surface area contributed by atoms with Crippen LogP contribution in [-0.2, 0) is 0 Å². The monoisotopic (exact) mass is 262 g/mol. The summed E-state index contributed by atoms with van der Waals surface area (Å²) in [6, 6.07) is 6.44. The fourth-order valence-corrected chi connectivity index (χ4v) is 2.72. The van der Waals surface area contributed by atoms with Crippen LogP contribution >= 0.6 is 11.3 Å². The zero-order chi connectivity index (χ0) is 13.0. The van der Waals surface area contributed by atoms with Gasteiger partial charge in [0.15, 0.2) is 0 Å². The second-order valence-electron chi connectivity index (χ2n) is 4.25. The molecule has 0 aliphatic rings. The van der Waals surface area contributed by atoms with Crippen LogP contribution in [0.3, 0.4) is 0 Å². The van der Waals surface area contributed by atoms with Crippen molar-refractivity contribution in [3.63, 3.8) is 0 Å². The molecule has 0 radical (unpaired) electrons. The molecule has 0 aliphatic carbocycles. The molecule has 96 valence electrons. The second-order valence-corrected chi connectivity index (χ2v) is 5.23. The number of nitrogens with zero attached hydrogens (tertiary/aromatic N) is 2. The van der Waals surface area contributed by atoms with Gasteiger partial charge in [0.25, 0.3) is 0 Å². The van der Waals surface area contributed by atoms with Crippen molar-refractivity contribution in [3.05, 3.63) is 34.2 Å². The molecule has 0 saturated carbocycles. The van der Waals surface area contributed by atoms with Crippen LogP contribution < -0.4 is 11.1 Å². The van der Waals surface area contributed by atoms with Crippen molar-refractivity contribution in [2.24, 2.45) is 0 Å². The number of aryl methyl sites for hydroxylation is 1. The summed E-state index contributed by atoms with van der Waals surface area (Å²) >= 11 is 1.76. The predicted molar refractivity (Wildman–Crippen MR) is 76.8 cm³/mol. The lowest BCUT2D eigenvalue weighted by Crippen LogP contribution is -2.11. The average Bonchev–Trinajstić information content (AvgIpc) is 2.80. The van der Waals surface area contributed by atoms with Crippen LogP contribution in [0.1, 0.15) is 36.4 Å². The van der Waals surface area contributed by atoms with E-state index in [1.807, 2.05) is 13.0 Å². The van der Waals surface area contributed by atoms with Crippen LogP contribution in [0, 0.1) is 6.92 Å². The maximum absolute atomic E-state index is 5.67. The van der Waals surface area contributed by atoms with E-state index in [1.54, 1.807) is 11.3 Å². The van der Waals surface area contributed by atoms with Gasteiger partial charge in [-0.15, -0.1) is 11.3 Å². The normalized spacial score (nSPS) is 12.3. The summed E-state index contributed by atoms with van der Waals surface area (Å²) in [6.07, 6.45) is 2.19. The third-order valence-electron chi connectivity index (χ3n) is 2.66. The van der Waals surface area contributed by atoms with E-state index in [0.29, 0.717) is 12.0 Å². The zero-order valence-electron chi connectivity index (χ0n) is 10.7. The number of rotatable bonds is 5. The van der Waals surface area contributed by atoms with E-state index in [0.717, 1.165) is 24.4 Å². The molecule has 0 saturated heterocycles. The summed E-state index contributed by atoms with van der Waals surface area (Å²) in [6.45, 7) is 4.10. The quantitative estimate of drug-likeness (QED) is 0.867. The highest BCUT2D eigenvalue weighted by Gasteiger charge is 2.12. The molecule has 4 nitrogen and oxygen atoms in total. The highest BCUT2D eigenvalue weighted by molar-refractivity contribution is 7.10. The molecule has 0 aromatic carbocycles. The Morgan fingerprint density at radius 2 is 2.28 bits per heavy atom. The van der Waals surface area contributed by atoms with E-state index in [4.69, 9.17) is 5.73 Å². The molecular weight excluding hydrogens is 244 g/mol. The van der Waals surface area contributed by atoms with Gasteiger partial charge in [-0.1, -0.05) is 19.4 Å². The molecule has 18 heavy (non-hydrogen) atoms. The van der Waals surface area contributed by atoms with Crippen molar-refractivity contribution >= 4 is 23.1 Å². The molecule has 5 heteroatoms. The van der Waals surface area contributed by atoms with E-state index < -0.39 is 0 Å². The first-order chi connectivity index (χ1) is 8.69. The Morgan fingerprint density at radius 1 is 1.44 bits per heavy atom. The highest BCUT2D eigenvalue weighted by atomic mass is 32.1. The van der Waals surface area contributed by atoms with Crippen LogP contribution in [0.5, 0.6) is 0 Å². The molecule has 1 atom stereocenters. The third-order valence-corrected chi connectivity index (χ3v) is 3.64. The first kappa shape index (κ1) is 12.8. The number of nitrogens with one attached hydrogen (secondary N) is 1. The Morgan fingerprint density at radius 3 is 2.89 bits per heavy atom. The lowest BCUT2D eigenvalue weighted by molar-refractivity contribution is 0.684. The van der Waals surface area contributed by atoms with Gasteiger partial charge in [-0.05, 0) is 24.8 Å². The molecule has 2 rings (SSSR count). The minimum atomic E-state index is 0.295. The number of hydrogen-bond donors (Lipinski definition) is 2. The van der Waals surface area contributed by atoms with Gasteiger partial charge >= 0.3 is 0 Å². The van der Waals surface area contributed by atoms with Crippen LogP contribution in [0.25, 0.3) is 0 Å². The minimum Gasteiger partial charge on any atom is -0.368 e. The van der Waals surface area contributed by atoms with Crippen molar-refractivity contribution in [2.75, 3.05) is 11.1 Å². The van der Waals surface area contributed by atoms with Crippen molar-refractivity contribution in [1.82, 2.24) is 9.97 Å². The van der Waals surface area contributed by atoms with Gasteiger partial charge in [0, 0.05) is 16.6 Å². The SMILES string of the molecule is CCCC(Nc1cc(C)nc(N)n1)c1cccs1.